The summed E-state index contributed by atoms with van der Waals surface area (Å²) < 4.78 is 5.17. The highest BCUT2D eigenvalue weighted by Gasteiger charge is 2.50. The van der Waals surface area contributed by atoms with Gasteiger partial charge in [0, 0.05) is 13.1 Å². The molecule has 2 heterocycles. The van der Waals surface area contributed by atoms with Crippen LogP contribution in [0.4, 0.5) is 4.79 Å². The summed E-state index contributed by atoms with van der Waals surface area (Å²) in [5.41, 5.74) is -1.37. The summed E-state index contributed by atoms with van der Waals surface area (Å²) in [5.74, 6) is -1.64. The predicted octanol–water partition coefficient (Wildman–Crippen LogP) is -0.662. The van der Waals surface area contributed by atoms with Crippen LogP contribution < -0.4 is 5.32 Å². The molecule has 5 amide bonds. The van der Waals surface area contributed by atoms with Gasteiger partial charge in [-0.15, -0.1) is 0 Å². The van der Waals surface area contributed by atoms with E-state index in [0.717, 1.165) is 4.90 Å². The van der Waals surface area contributed by atoms with E-state index >= 15 is 0 Å². The van der Waals surface area contributed by atoms with Gasteiger partial charge in [0.05, 0.1) is 13.2 Å². The van der Waals surface area contributed by atoms with Crippen LogP contribution in [0.1, 0.15) is 20.8 Å². The predicted molar refractivity (Wildman–Crippen MR) is 71.0 cm³/mol. The number of rotatable bonds is 2. The summed E-state index contributed by atoms with van der Waals surface area (Å²) in [6, 6.07) is -1.80. The summed E-state index contributed by atoms with van der Waals surface area (Å²) in [7, 11) is 0. The maximum atomic E-state index is 12.4. The van der Waals surface area contributed by atoms with Crippen molar-refractivity contribution in [2.75, 3.05) is 26.3 Å². The Labute approximate surface area is 122 Å². The fourth-order valence-electron chi connectivity index (χ4n) is 2.31. The molecular formula is C13H19N3O5. The van der Waals surface area contributed by atoms with Crippen molar-refractivity contribution in [2.45, 2.75) is 26.8 Å². The Balaban J connectivity index is 2.18. The number of hydrogen-bond donors (Lipinski definition) is 1. The average Bonchev–Trinajstić information content (AvgIpc) is 2.45. The van der Waals surface area contributed by atoms with Crippen molar-refractivity contribution in [3.63, 3.8) is 0 Å². The maximum absolute atomic E-state index is 12.4. The zero-order valence-corrected chi connectivity index (χ0v) is 12.3. The number of amides is 5. The Morgan fingerprint density at radius 2 is 1.81 bits per heavy atom. The number of ether oxygens (including phenoxy) is 1. The Bertz CT molecular complexity index is 496. The zero-order chi connectivity index (χ0) is 15.8. The molecule has 0 bridgehead atoms. The molecule has 116 valence electrons. The number of nitrogens with zero attached hydrogens (tertiary/aromatic N) is 2. The molecule has 0 saturated carbocycles. The molecular weight excluding hydrogens is 278 g/mol. The number of carbonyl (C=O) groups is 4. The lowest BCUT2D eigenvalue weighted by Gasteiger charge is -2.39. The highest BCUT2D eigenvalue weighted by Crippen LogP contribution is 2.25. The van der Waals surface area contributed by atoms with E-state index in [0.29, 0.717) is 26.3 Å². The van der Waals surface area contributed by atoms with Gasteiger partial charge in [0.1, 0.15) is 11.5 Å². The van der Waals surface area contributed by atoms with E-state index in [9.17, 15) is 19.2 Å². The highest BCUT2D eigenvalue weighted by atomic mass is 16.5. The minimum atomic E-state index is -1.37. The van der Waals surface area contributed by atoms with Crippen LogP contribution in [-0.2, 0) is 19.1 Å². The second-order valence-electron chi connectivity index (χ2n) is 5.67. The highest BCUT2D eigenvalue weighted by molar-refractivity contribution is 6.19. The van der Waals surface area contributed by atoms with E-state index in [1.165, 1.54) is 20.8 Å². The van der Waals surface area contributed by atoms with Crippen molar-refractivity contribution >= 4 is 23.8 Å². The summed E-state index contributed by atoms with van der Waals surface area (Å²) >= 11 is 0. The van der Waals surface area contributed by atoms with E-state index in [2.05, 4.69) is 5.32 Å². The summed E-state index contributed by atoms with van der Waals surface area (Å²) in [4.78, 5) is 50.7. The standard InChI is InChI=1S/C13H19N3O5/c1-8(9(17)15-4-6-21-7-5-15)16-11(19)13(2,3)10(18)14-12(16)20/h8H,4-7H2,1-3H3,(H,14,18,20). The van der Waals surface area contributed by atoms with Crippen molar-refractivity contribution in [3.05, 3.63) is 0 Å². The molecule has 0 spiro atoms. The number of nitrogens with one attached hydrogen (secondary N) is 1. The molecule has 2 saturated heterocycles. The van der Waals surface area contributed by atoms with E-state index in [4.69, 9.17) is 4.74 Å². The molecule has 2 aliphatic heterocycles. The SMILES string of the molecule is CC(C(=O)N1CCOCC1)N1C(=O)NC(=O)C(C)(C)C1=O. The van der Waals surface area contributed by atoms with Gasteiger partial charge in [0.2, 0.25) is 17.7 Å². The smallest absolute Gasteiger partial charge is 0.331 e. The first-order valence-electron chi connectivity index (χ1n) is 6.82. The minimum Gasteiger partial charge on any atom is -0.378 e. The molecule has 0 radical (unpaired) electrons. The molecule has 0 aromatic rings. The van der Waals surface area contributed by atoms with Crippen LogP contribution in [0.15, 0.2) is 0 Å². The minimum absolute atomic E-state index is 0.327. The van der Waals surface area contributed by atoms with Crippen molar-refractivity contribution in [1.82, 2.24) is 15.1 Å². The number of barbiturate groups is 1. The number of morpholine rings is 1. The van der Waals surface area contributed by atoms with E-state index < -0.39 is 29.3 Å². The summed E-state index contributed by atoms with van der Waals surface area (Å²) in [6.07, 6.45) is 0. The van der Waals surface area contributed by atoms with Gasteiger partial charge in [0.15, 0.2) is 0 Å². The topological polar surface area (TPSA) is 96.0 Å². The summed E-state index contributed by atoms with van der Waals surface area (Å²) in [5, 5.41) is 2.12. The Morgan fingerprint density at radius 1 is 1.24 bits per heavy atom. The van der Waals surface area contributed by atoms with E-state index in [1.807, 2.05) is 0 Å². The average molecular weight is 297 g/mol. The molecule has 8 nitrogen and oxygen atoms in total. The zero-order valence-electron chi connectivity index (χ0n) is 12.3. The lowest BCUT2D eigenvalue weighted by atomic mass is 9.88. The van der Waals surface area contributed by atoms with Crippen LogP contribution in [-0.4, -0.2) is 65.9 Å². The number of urea groups is 1. The molecule has 1 atom stereocenters. The van der Waals surface area contributed by atoms with Crippen LogP contribution in [0.3, 0.4) is 0 Å². The molecule has 2 fully saturated rings. The molecule has 0 aromatic carbocycles. The monoisotopic (exact) mass is 297 g/mol. The Morgan fingerprint density at radius 3 is 2.38 bits per heavy atom. The van der Waals surface area contributed by atoms with Crippen LogP contribution in [0, 0.1) is 5.41 Å². The third-order valence-corrected chi connectivity index (χ3v) is 3.83. The lowest BCUT2D eigenvalue weighted by molar-refractivity contribution is -0.155. The molecule has 1 N–H and O–H groups in total. The lowest BCUT2D eigenvalue weighted by Crippen LogP contribution is -2.66. The van der Waals surface area contributed by atoms with Gasteiger partial charge in [-0.05, 0) is 20.8 Å². The van der Waals surface area contributed by atoms with Crippen molar-refractivity contribution in [1.29, 1.82) is 0 Å². The third-order valence-electron chi connectivity index (χ3n) is 3.83. The molecule has 2 rings (SSSR count). The first-order valence-corrected chi connectivity index (χ1v) is 6.82. The number of carbonyl (C=O) groups excluding carboxylic acids is 4. The van der Waals surface area contributed by atoms with Gasteiger partial charge in [-0.25, -0.2) is 4.79 Å². The van der Waals surface area contributed by atoms with Gasteiger partial charge < -0.3 is 9.64 Å². The largest absolute Gasteiger partial charge is 0.378 e. The van der Waals surface area contributed by atoms with Crippen LogP contribution in [0.25, 0.3) is 0 Å². The van der Waals surface area contributed by atoms with Crippen molar-refractivity contribution in [2.24, 2.45) is 5.41 Å². The van der Waals surface area contributed by atoms with Gasteiger partial charge in [-0.3, -0.25) is 24.6 Å². The number of hydrogen-bond acceptors (Lipinski definition) is 5. The Hall–Kier alpha value is -1.96. The van der Waals surface area contributed by atoms with E-state index in [-0.39, 0.29) is 5.91 Å². The quantitative estimate of drug-likeness (QED) is 0.683. The first-order chi connectivity index (χ1) is 9.76. The molecule has 1 unspecified atom stereocenters. The fraction of sp³-hybridized carbons (Fsp3) is 0.692. The number of imide groups is 2. The first kappa shape index (κ1) is 15.4. The fourth-order valence-corrected chi connectivity index (χ4v) is 2.31. The van der Waals surface area contributed by atoms with Crippen LogP contribution in [0.5, 0.6) is 0 Å². The molecule has 2 aliphatic rings. The second kappa shape index (κ2) is 5.44. The maximum Gasteiger partial charge on any atom is 0.331 e. The molecule has 21 heavy (non-hydrogen) atoms. The summed E-state index contributed by atoms with van der Waals surface area (Å²) in [6.45, 7) is 6.06. The van der Waals surface area contributed by atoms with Gasteiger partial charge in [-0.1, -0.05) is 0 Å². The van der Waals surface area contributed by atoms with Gasteiger partial charge in [-0.2, -0.15) is 0 Å². The molecule has 0 aromatic heterocycles. The van der Waals surface area contributed by atoms with Gasteiger partial charge in [0.25, 0.3) is 0 Å². The van der Waals surface area contributed by atoms with Crippen molar-refractivity contribution in [3.8, 4) is 0 Å². The van der Waals surface area contributed by atoms with Crippen LogP contribution >= 0.6 is 0 Å². The van der Waals surface area contributed by atoms with Crippen LogP contribution in [0.2, 0.25) is 0 Å². The molecule has 8 heteroatoms. The van der Waals surface area contributed by atoms with Gasteiger partial charge >= 0.3 is 6.03 Å². The second-order valence-corrected chi connectivity index (χ2v) is 5.67. The van der Waals surface area contributed by atoms with E-state index in [1.54, 1.807) is 4.90 Å². The third kappa shape index (κ3) is 2.63. The Kier molecular flexibility index (Phi) is 3.99. The molecule has 0 aliphatic carbocycles. The van der Waals surface area contributed by atoms with Crippen molar-refractivity contribution < 1.29 is 23.9 Å². The normalized spacial score (nSPS) is 23.9.